The van der Waals surface area contributed by atoms with Crippen molar-refractivity contribution >= 4 is 5.69 Å². The van der Waals surface area contributed by atoms with Crippen LogP contribution in [0.15, 0.2) is 42.7 Å². The summed E-state index contributed by atoms with van der Waals surface area (Å²) in [5, 5.41) is 4.28. The van der Waals surface area contributed by atoms with Gasteiger partial charge in [-0.15, -0.1) is 0 Å². The van der Waals surface area contributed by atoms with Gasteiger partial charge in [-0.05, 0) is 12.1 Å². The highest BCUT2D eigenvalue weighted by atomic mass is 15.3. The van der Waals surface area contributed by atoms with Crippen molar-refractivity contribution in [2.75, 3.05) is 19.0 Å². The predicted octanol–water partition coefficient (Wildman–Crippen LogP) is 1.94. The number of benzene rings is 1. The van der Waals surface area contributed by atoms with Crippen molar-refractivity contribution in [1.82, 2.24) is 9.78 Å². The number of aromatic nitrogens is 2. The van der Waals surface area contributed by atoms with E-state index < -0.39 is 0 Å². The maximum atomic E-state index is 4.28. The smallest absolute Gasteiger partial charge is 0.0752 e. The predicted molar refractivity (Wildman–Crippen MR) is 57.9 cm³/mol. The van der Waals surface area contributed by atoms with Crippen LogP contribution in [0.4, 0.5) is 5.69 Å². The molecule has 2 aromatic rings. The van der Waals surface area contributed by atoms with Crippen molar-refractivity contribution in [2.24, 2.45) is 0 Å². The van der Waals surface area contributed by atoms with E-state index in [1.54, 1.807) is 0 Å². The quantitative estimate of drug-likeness (QED) is 0.716. The summed E-state index contributed by atoms with van der Waals surface area (Å²) in [4.78, 5) is 2.03. The van der Waals surface area contributed by atoms with E-state index in [0.29, 0.717) is 0 Å². The lowest BCUT2D eigenvalue weighted by Crippen LogP contribution is -2.07. The standard InChI is InChI=1S/C11H13N3/c1-13(2)11-8-12-14(9-11)10-6-4-3-5-7-10/h3-9H,1-2H3. The van der Waals surface area contributed by atoms with Gasteiger partial charge in [-0.25, -0.2) is 4.68 Å². The highest BCUT2D eigenvalue weighted by Crippen LogP contribution is 2.12. The summed E-state index contributed by atoms with van der Waals surface area (Å²) < 4.78 is 1.87. The highest BCUT2D eigenvalue weighted by Gasteiger charge is 2.00. The monoisotopic (exact) mass is 187 g/mol. The van der Waals surface area contributed by atoms with Crippen molar-refractivity contribution in [3.63, 3.8) is 0 Å². The molecular formula is C11H13N3. The van der Waals surface area contributed by atoms with Crippen molar-refractivity contribution in [3.8, 4) is 5.69 Å². The molecule has 0 atom stereocenters. The van der Waals surface area contributed by atoms with Crippen LogP contribution in [-0.2, 0) is 0 Å². The molecule has 1 heterocycles. The third-order valence-electron chi connectivity index (χ3n) is 2.11. The molecule has 1 aromatic carbocycles. The molecule has 0 N–H and O–H groups in total. The maximum absolute atomic E-state index is 4.28. The molecule has 0 spiro atoms. The van der Waals surface area contributed by atoms with Gasteiger partial charge >= 0.3 is 0 Å². The Kier molecular flexibility index (Phi) is 2.23. The summed E-state index contributed by atoms with van der Waals surface area (Å²) in [6.07, 6.45) is 3.86. The summed E-state index contributed by atoms with van der Waals surface area (Å²) in [6, 6.07) is 10.1. The number of hydrogen-bond donors (Lipinski definition) is 0. The average molecular weight is 187 g/mol. The van der Waals surface area contributed by atoms with Gasteiger partial charge in [-0.3, -0.25) is 0 Å². The molecule has 72 valence electrons. The average Bonchev–Trinajstić information content (AvgIpc) is 2.68. The van der Waals surface area contributed by atoms with Crippen LogP contribution < -0.4 is 4.90 Å². The Bertz CT molecular complexity index is 403. The van der Waals surface area contributed by atoms with Crippen molar-refractivity contribution in [2.45, 2.75) is 0 Å². The van der Waals surface area contributed by atoms with Crippen LogP contribution in [0.3, 0.4) is 0 Å². The van der Waals surface area contributed by atoms with E-state index in [4.69, 9.17) is 0 Å². The van der Waals surface area contributed by atoms with Gasteiger partial charge in [0.25, 0.3) is 0 Å². The fourth-order valence-corrected chi connectivity index (χ4v) is 1.27. The van der Waals surface area contributed by atoms with Gasteiger partial charge in [0.15, 0.2) is 0 Å². The Morgan fingerprint density at radius 3 is 2.43 bits per heavy atom. The minimum atomic E-state index is 1.08. The van der Waals surface area contributed by atoms with E-state index in [9.17, 15) is 0 Å². The Labute approximate surface area is 83.6 Å². The van der Waals surface area contributed by atoms with Crippen molar-refractivity contribution < 1.29 is 0 Å². The highest BCUT2D eigenvalue weighted by molar-refractivity contribution is 5.43. The lowest BCUT2D eigenvalue weighted by Gasteiger charge is -2.07. The summed E-state index contributed by atoms with van der Waals surface area (Å²) in [5.74, 6) is 0. The molecule has 0 unspecified atom stereocenters. The Hall–Kier alpha value is -1.77. The Morgan fingerprint density at radius 2 is 1.86 bits per heavy atom. The second-order valence-corrected chi connectivity index (χ2v) is 3.37. The molecule has 0 saturated carbocycles. The van der Waals surface area contributed by atoms with Crippen LogP contribution in [0.5, 0.6) is 0 Å². The third-order valence-corrected chi connectivity index (χ3v) is 2.11. The molecule has 0 radical (unpaired) electrons. The third kappa shape index (κ3) is 1.62. The molecule has 3 heteroatoms. The van der Waals surface area contributed by atoms with Gasteiger partial charge in [-0.1, -0.05) is 18.2 Å². The molecule has 0 amide bonds. The number of nitrogens with zero attached hydrogens (tertiary/aromatic N) is 3. The van der Waals surface area contributed by atoms with Gasteiger partial charge in [0.2, 0.25) is 0 Å². The minimum absolute atomic E-state index is 1.08. The zero-order valence-electron chi connectivity index (χ0n) is 8.38. The van der Waals surface area contributed by atoms with Crippen LogP contribution in [-0.4, -0.2) is 23.9 Å². The first-order chi connectivity index (χ1) is 6.77. The number of para-hydroxylation sites is 1. The molecule has 1 aromatic heterocycles. The van der Waals surface area contributed by atoms with Crippen LogP contribution >= 0.6 is 0 Å². The van der Waals surface area contributed by atoms with E-state index in [1.165, 1.54) is 0 Å². The molecule has 0 aliphatic carbocycles. The second-order valence-electron chi connectivity index (χ2n) is 3.37. The molecule has 0 bridgehead atoms. The SMILES string of the molecule is CN(C)c1cnn(-c2ccccc2)c1. The molecule has 0 saturated heterocycles. The summed E-state index contributed by atoms with van der Waals surface area (Å²) in [5.41, 5.74) is 2.19. The van der Waals surface area contributed by atoms with Gasteiger partial charge < -0.3 is 4.90 Å². The number of hydrogen-bond acceptors (Lipinski definition) is 2. The molecule has 2 rings (SSSR count). The van der Waals surface area contributed by atoms with Gasteiger partial charge in [0, 0.05) is 14.1 Å². The topological polar surface area (TPSA) is 21.1 Å². The van der Waals surface area contributed by atoms with Gasteiger partial charge in [-0.2, -0.15) is 5.10 Å². The van der Waals surface area contributed by atoms with Crippen molar-refractivity contribution in [1.29, 1.82) is 0 Å². The summed E-state index contributed by atoms with van der Waals surface area (Å²) in [6.45, 7) is 0. The van der Waals surface area contributed by atoms with E-state index >= 15 is 0 Å². The molecule has 3 nitrogen and oxygen atoms in total. The molecule has 0 aliphatic heterocycles. The first kappa shape index (κ1) is 8.81. The van der Waals surface area contributed by atoms with E-state index in [0.717, 1.165) is 11.4 Å². The first-order valence-electron chi connectivity index (χ1n) is 4.55. The molecule has 14 heavy (non-hydrogen) atoms. The largest absolute Gasteiger partial charge is 0.375 e. The van der Waals surface area contributed by atoms with E-state index in [1.807, 2.05) is 66.4 Å². The van der Waals surface area contributed by atoms with Gasteiger partial charge in [0.1, 0.15) is 0 Å². The fourth-order valence-electron chi connectivity index (χ4n) is 1.27. The lowest BCUT2D eigenvalue weighted by molar-refractivity contribution is 0.880. The van der Waals surface area contributed by atoms with Crippen molar-refractivity contribution in [3.05, 3.63) is 42.7 Å². The van der Waals surface area contributed by atoms with E-state index in [2.05, 4.69) is 5.10 Å². The van der Waals surface area contributed by atoms with Gasteiger partial charge in [0.05, 0.1) is 23.8 Å². The minimum Gasteiger partial charge on any atom is -0.375 e. The van der Waals surface area contributed by atoms with E-state index in [-0.39, 0.29) is 0 Å². The Balaban J connectivity index is 2.34. The molecule has 0 aliphatic rings. The Morgan fingerprint density at radius 1 is 1.14 bits per heavy atom. The number of rotatable bonds is 2. The second kappa shape index (κ2) is 3.54. The lowest BCUT2D eigenvalue weighted by atomic mass is 10.3. The van der Waals surface area contributed by atoms with Crippen LogP contribution in [0.2, 0.25) is 0 Å². The molecule has 0 fully saturated rings. The number of anilines is 1. The normalized spacial score (nSPS) is 10.1. The van der Waals surface area contributed by atoms with Crippen LogP contribution in [0, 0.1) is 0 Å². The zero-order valence-corrected chi connectivity index (χ0v) is 8.38. The summed E-state index contributed by atoms with van der Waals surface area (Å²) in [7, 11) is 4.01. The maximum Gasteiger partial charge on any atom is 0.0752 e. The zero-order chi connectivity index (χ0) is 9.97. The fraction of sp³-hybridized carbons (Fsp3) is 0.182. The van der Waals surface area contributed by atoms with Crippen LogP contribution in [0.1, 0.15) is 0 Å². The first-order valence-corrected chi connectivity index (χ1v) is 4.55. The van der Waals surface area contributed by atoms with Crippen LogP contribution in [0.25, 0.3) is 5.69 Å². The summed E-state index contributed by atoms with van der Waals surface area (Å²) >= 11 is 0. The molecular weight excluding hydrogens is 174 g/mol.